The second kappa shape index (κ2) is 7.14. The van der Waals surface area contributed by atoms with Crippen molar-refractivity contribution in [3.8, 4) is 16.8 Å². The second-order valence-electron chi connectivity index (χ2n) is 6.98. The van der Waals surface area contributed by atoms with Crippen molar-refractivity contribution in [1.82, 2.24) is 18.9 Å². The number of hydrogen-bond donors (Lipinski definition) is 0. The molecule has 9 heteroatoms. The van der Waals surface area contributed by atoms with E-state index in [4.69, 9.17) is 0 Å². The lowest BCUT2D eigenvalue weighted by atomic mass is 10.0. The fourth-order valence-electron chi connectivity index (χ4n) is 3.68. The Balaban J connectivity index is 1.76. The summed E-state index contributed by atoms with van der Waals surface area (Å²) in [5.74, 6) is 0. The number of para-hydroxylation sites is 1. The van der Waals surface area contributed by atoms with Gasteiger partial charge in [0.15, 0.2) is 5.65 Å². The number of nitrogens with zero attached hydrogens (tertiary/aromatic N) is 4. The van der Waals surface area contributed by atoms with Gasteiger partial charge in [-0.2, -0.15) is 18.2 Å². The maximum atomic E-state index is 13.0. The van der Waals surface area contributed by atoms with Crippen molar-refractivity contribution in [2.45, 2.75) is 11.3 Å². The van der Waals surface area contributed by atoms with Gasteiger partial charge in [0.25, 0.3) is 0 Å². The van der Waals surface area contributed by atoms with E-state index >= 15 is 0 Å². The zero-order chi connectivity index (χ0) is 21.8. The third-order valence-electron chi connectivity index (χ3n) is 5.07. The molecule has 1 unspecified atom stereocenters. The van der Waals surface area contributed by atoms with Crippen LogP contribution in [0, 0.1) is 0 Å². The molecule has 0 aliphatic heterocycles. The molecule has 3 aromatic heterocycles. The first-order valence-corrected chi connectivity index (χ1v) is 10.8. The van der Waals surface area contributed by atoms with Gasteiger partial charge in [-0.15, -0.1) is 0 Å². The quantitative estimate of drug-likeness (QED) is 0.367. The van der Waals surface area contributed by atoms with E-state index in [0.29, 0.717) is 38.7 Å². The summed E-state index contributed by atoms with van der Waals surface area (Å²) in [6, 6.07) is 14.1. The average Bonchev–Trinajstić information content (AvgIpc) is 3.37. The summed E-state index contributed by atoms with van der Waals surface area (Å²) in [4.78, 5) is 9.03. The minimum Gasteiger partial charge on any atom is -0.609 e. The Morgan fingerprint density at radius 2 is 1.74 bits per heavy atom. The van der Waals surface area contributed by atoms with E-state index < -0.39 is 22.9 Å². The number of aromatic nitrogens is 4. The highest BCUT2D eigenvalue weighted by Gasteiger charge is 2.30. The average molecular weight is 440 g/mol. The fraction of sp³-hybridized carbons (Fsp3) is 0.0909. The summed E-state index contributed by atoms with van der Waals surface area (Å²) in [6.45, 7) is 0. The molecule has 0 aliphatic rings. The summed E-state index contributed by atoms with van der Waals surface area (Å²) >= 11 is -1.42. The third kappa shape index (κ3) is 3.26. The minimum absolute atomic E-state index is 0.338. The van der Waals surface area contributed by atoms with Gasteiger partial charge < -0.3 is 8.95 Å². The molecule has 1 atom stereocenters. The smallest absolute Gasteiger partial charge is 0.416 e. The molecule has 0 N–H and O–H groups in total. The number of pyridine rings is 1. The number of imidazole rings is 2. The molecule has 0 amide bonds. The van der Waals surface area contributed by atoms with Gasteiger partial charge in [0.2, 0.25) is 0 Å². The second-order valence-corrected chi connectivity index (χ2v) is 8.26. The Kier molecular flexibility index (Phi) is 4.53. The summed E-state index contributed by atoms with van der Waals surface area (Å²) < 4.78 is 55.1. The van der Waals surface area contributed by atoms with Gasteiger partial charge in [-0.25, -0.2) is 9.55 Å². The number of fused-ring (bicyclic) bond motifs is 2. The van der Waals surface area contributed by atoms with Crippen LogP contribution in [0.4, 0.5) is 13.2 Å². The number of benzene rings is 2. The normalized spacial score (nSPS) is 13.2. The van der Waals surface area contributed by atoms with E-state index in [1.807, 2.05) is 41.1 Å². The summed E-state index contributed by atoms with van der Waals surface area (Å²) in [7, 11) is 0. The van der Waals surface area contributed by atoms with Gasteiger partial charge >= 0.3 is 11.3 Å². The summed E-state index contributed by atoms with van der Waals surface area (Å²) in [5.41, 5.74) is 3.18. The van der Waals surface area contributed by atoms with Crippen molar-refractivity contribution in [1.29, 1.82) is 0 Å². The Morgan fingerprint density at radius 1 is 0.968 bits per heavy atom. The molecule has 0 spiro atoms. The Labute approximate surface area is 178 Å². The first-order valence-electron chi connectivity index (χ1n) is 9.29. The van der Waals surface area contributed by atoms with Crippen LogP contribution in [0.15, 0.2) is 78.3 Å². The highest BCUT2D eigenvalue weighted by Crippen LogP contribution is 2.35. The predicted molar refractivity (Wildman–Crippen MR) is 113 cm³/mol. The Bertz CT molecular complexity index is 1400. The zero-order valence-electron chi connectivity index (χ0n) is 16.2. The van der Waals surface area contributed by atoms with Gasteiger partial charge in [0, 0.05) is 35.3 Å². The molecule has 5 nitrogen and oxygen atoms in total. The van der Waals surface area contributed by atoms with Gasteiger partial charge in [-0.05, 0) is 35.9 Å². The van der Waals surface area contributed by atoms with E-state index in [1.165, 1.54) is 12.1 Å². The van der Waals surface area contributed by atoms with E-state index in [2.05, 4.69) is 9.97 Å². The Hall–Kier alpha value is -3.30. The molecule has 0 saturated carbocycles. The third-order valence-corrected chi connectivity index (χ3v) is 5.86. The fourth-order valence-corrected chi connectivity index (χ4v) is 4.36. The maximum absolute atomic E-state index is 13.0. The van der Waals surface area contributed by atoms with Gasteiger partial charge in [0.05, 0.1) is 16.8 Å². The lowest BCUT2D eigenvalue weighted by molar-refractivity contribution is -0.137. The topological polar surface area (TPSA) is 58.2 Å². The Morgan fingerprint density at radius 3 is 2.45 bits per heavy atom. The van der Waals surface area contributed by atoms with Crippen molar-refractivity contribution in [2.75, 3.05) is 6.26 Å². The molecule has 156 valence electrons. The van der Waals surface area contributed by atoms with Crippen LogP contribution in [0.3, 0.4) is 0 Å². The molecular formula is C22H15F3N4OS. The first-order chi connectivity index (χ1) is 14.8. The molecule has 0 radical (unpaired) electrons. The highest BCUT2D eigenvalue weighted by molar-refractivity contribution is 7.90. The van der Waals surface area contributed by atoms with E-state index in [1.54, 1.807) is 23.1 Å². The van der Waals surface area contributed by atoms with Gasteiger partial charge in [0.1, 0.15) is 11.8 Å². The van der Waals surface area contributed by atoms with Crippen molar-refractivity contribution in [3.05, 3.63) is 78.8 Å². The summed E-state index contributed by atoms with van der Waals surface area (Å²) in [5, 5.41) is 0.338. The standard InChI is InChI=1S/C22H15F3N4OS/c1-31(30)21-27-19-16(14-7-9-15(10-8-14)22(23,24)25)4-2-5-17(19)29(21)18-6-3-12-28-13-11-26-20(18)28/h2-13H,1H3. The zero-order valence-corrected chi connectivity index (χ0v) is 17.0. The molecule has 0 saturated heterocycles. The van der Waals surface area contributed by atoms with Crippen molar-refractivity contribution >= 4 is 27.9 Å². The van der Waals surface area contributed by atoms with Crippen LogP contribution in [0.1, 0.15) is 5.56 Å². The molecule has 31 heavy (non-hydrogen) atoms. The van der Waals surface area contributed by atoms with Crippen LogP contribution < -0.4 is 0 Å². The minimum atomic E-state index is -4.40. The number of alkyl halides is 3. The van der Waals surface area contributed by atoms with Gasteiger partial charge in [-0.1, -0.05) is 24.3 Å². The molecule has 5 aromatic rings. The van der Waals surface area contributed by atoms with Crippen LogP contribution in [0.5, 0.6) is 0 Å². The van der Waals surface area contributed by atoms with Crippen LogP contribution in [0.25, 0.3) is 33.5 Å². The predicted octanol–water partition coefficient (Wildman–Crippen LogP) is 5.10. The van der Waals surface area contributed by atoms with Crippen molar-refractivity contribution in [2.24, 2.45) is 0 Å². The molecule has 2 aromatic carbocycles. The lowest BCUT2D eigenvalue weighted by Crippen LogP contribution is -2.09. The molecule has 5 rings (SSSR count). The highest BCUT2D eigenvalue weighted by atomic mass is 32.2. The van der Waals surface area contributed by atoms with Crippen LogP contribution >= 0.6 is 0 Å². The van der Waals surface area contributed by atoms with Crippen molar-refractivity contribution in [3.63, 3.8) is 0 Å². The number of hydrogen-bond acceptors (Lipinski definition) is 3. The lowest BCUT2D eigenvalue weighted by Gasteiger charge is -2.10. The first kappa shape index (κ1) is 19.7. The number of halogens is 3. The molecule has 3 heterocycles. The summed E-state index contributed by atoms with van der Waals surface area (Å²) in [6.07, 6.45) is 2.49. The SMILES string of the molecule is C[S+]([O-])c1nc2c(-c3ccc(C(F)(F)F)cc3)cccc2n1-c1cccn2ccnc12. The van der Waals surface area contributed by atoms with E-state index in [-0.39, 0.29) is 0 Å². The van der Waals surface area contributed by atoms with Crippen molar-refractivity contribution < 1.29 is 17.7 Å². The van der Waals surface area contributed by atoms with Gasteiger partial charge in [-0.3, -0.25) is 0 Å². The van der Waals surface area contributed by atoms with Crippen LogP contribution in [-0.4, -0.2) is 29.7 Å². The molecule has 0 bridgehead atoms. The monoisotopic (exact) mass is 440 g/mol. The van der Waals surface area contributed by atoms with Crippen LogP contribution in [-0.2, 0) is 17.4 Å². The number of rotatable bonds is 3. The molecule has 0 fully saturated rings. The largest absolute Gasteiger partial charge is 0.609 e. The maximum Gasteiger partial charge on any atom is 0.416 e. The molecular weight excluding hydrogens is 425 g/mol. The van der Waals surface area contributed by atoms with Crippen LogP contribution in [0.2, 0.25) is 0 Å². The molecule has 0 aliphatic carbocycles. The van der Waals surface area contributed by atoms with E-state index in [0.717, 1.165) is 12.1 Å². The van der Waals surface area contributed by atoms with E-state index in [9.17, 15) is 17.7 Å².